The molecule has 0 amide bonds. The maximum absolute atomic E-state index is 5.04. The third kappa shape index (κ3) is 2.18. The van der Waals surface area contributed by atoms with Gasteiger partial charge in [-0.1, -0.05) is 37.3 Å². The Hall–Kier alpha value is -3.55. The number of rotatable bonds is 3. The van der Waals surface area contributed by atoms with Crippen molar-refractivity contribution in [3.05, 3.63) is 60.4 Å². The number of aryl methyl sites for hydroxylation is 1. The molecule has 1 atom stereocenters. The Labute approximate surface area is 174 Å². The SMILES string of the molecule is CCC12CCCN1c1nc(-n3nccc3-c3ccccc3)ncc1-n1c(C)nnc12. The predicted molar refractivity (Wildman–Crippen MR) is 113 cm³/mol. The van der Waals surface area contributed by atoms with Gasteiger partial charge in [0, 0.05) is 12.1 Å². The quantitative estimate of drug-likeness (QED) is 0.526. The Balaban J connectivity index is 1.55. The van der Waals surface area contributed by atoms with Crippen LogP contribution < -0.4 is 4.90 Å². The highest BCUT2D eigenvalue weighted by Gasteiger charge is 2.50. The van der Waals surface area contributed by atoms with Crippen molar-refractivity contribution in [2.75, 3.05) is 11.4 Å². The van der Waals surface area contributed by atoms with E-state index in [1.165, 1.54) is 0 Å². The van der Waals surface area contributed by atoms with Crippen molar-refractivity contribution in [3.63, 3.8) is 0 Å². The third-order valence-electron chi connectivity index (χ3n) is 6.45. The Bertz CT molecular complexity index is 1240. The van der Waals surface area contributed by atoms with E-state index < -0.39 is 0 Å². The van der Waals surface area contributed by atoms with Crippen LogP contribution in [-0.4, -0.2) is 41.1 Å². The Morgan fingerprint density at radius 1 is 1.10 bits per heavy atom. The molecule has 1 unspecified atom stereocenters. The first kappa shape index (κ1) is 17.3. The molecular weight excluding hydrogens is 376 g/mol. The Kier molecular flexibility index (Phi) is 3.59. The van der Waals surface area contributed by atoms with Gasteiger partial charge in [0.05, 0.1) is 18.1 Å². The molecule has 0 radical (unpaired) electrons. The second-order valence-electron chi connectivity index (χ2n) is 7.92. The number of benzene rings is 1. The lowest BCUT2D eigenvalue weighted by Crippen LogP contribution is -2.47. The Morgan fingerprint density at radius 2 is 1.97 bits per heavy atom. The lowest BCUT2D eigenvalue weighted by Gasteiger charge is -2.42. The average molecular weight is 398 g/mol. The first-order valence-corrected chi connectivity index (χ1v) is 10.4. The first-order valence-electron chi connectivity index (χ1n) is 10.4. The van der Waals surface area contributed by atoms with Crippen LogP contribution in [0.3, 0.4) is 0 Å². The lowest BCUT2D eigenvalue weighted by molar-refractivity contribution is 0.381. The number of anilines is 1. The summed E-state index contributed by atoms with van der Waals surface area (Å²) in [6, 6.07) is 12.2. The molecule has 0 aliphatic carbocycles. The van der Waals surface area contributed by atoms with Crippen LogP contribution in [-0.2, 0) is 5.54 Å². The summed E-state index contributed by atoms with van der Waals surface area (Å²) >= 11 is 0. The summed E-state index contributed by atoms with van der Waals surface area (Å²) in [4.78, 5) is 12.1. The van der Waals surface area contributed by atoms with Crippen LogP contribution in [0.25, 0.3) is 22.9 Å². The van der Waals surface area contributed by atoms with Crippen LogP contribution in [0.2, 0.25) is 0 Å². The molecular formula is C22H22N8. The molecule has 150 valence electrons. The summed E-state index contributed by atoms with van der Waals surface area (Å²) in [6.07, 6.45) is 6.79. The minimum absolute atomic E-state index is 0.160. The monoisotopic (exact) mass is 398 g/mol. The molecule has 8 heteroatoms. The zero-order valence-electron chi connectivity index (χ0n) is 17.0. The smallest absolute Gasteiger partial charge is 0.253 e. The molecule has 5 heterocycles. The van der Waals surface area contributed by atoms with E-state index in [4.69, 9.17) is 4.98 Å². The highest BCUT2D eigenvalue weighted by Crippen LogP contribution is 2.49. The zero-order valence-corrected chi connectivity index (χ0v) is 17.0. The molecule has 1 aromatic carbocycles. The number of hydrogen-bond donors (Lipinski definition) is 0. The summed E-state index contributed by atoms with van der Waals surface area (Å²) in [5.74, 6) is 3.38. The molecule has 30 heavy (non-hydrogen) atoms. The third-order valence-corrected chi connectivity index (χ3v) is 6.45. The maximum Gasteiger partial charge on any atom is 0.253 e. The van der Waals surface area contributed by atoms with Gasteiger partial charge in [-0.25, -0.2) is 4.98 Å². The fraction of sp³-hybridized carbons (Fsp3) is 0.318. The lowest BCUT2D eigenvalue weighted by atomic mass is 9.90. The average Bonchev–Trinajstić information content (AvgIpc) is 3.52. The van der Waals surface area contributed by atoms with Gasteiger partial charge in [-0.15, -0.1) is 10.2 Å². The minimum atomic E-state index is -0.160. The largest absolute Gasteiger partial charge is 0.342 e. The number of aromatic nitrogens is 7. The van der Waals surface area contributed by atoms with Crippen molar-refractivity contribution >= 4 is 5.82 Å². The molecule has 1 saturated heterocycles. The van der Waals surface area contributed by atoms with Crippen LogP contribution in [0.4, 0.5) is 5.82 Å². The molecule has 2 aliphatic heterocycles. The van der Waals surface area contributed by atoms with Gasteiger partial charge in [-0.3, -0.25) is 4.57 Å². The highest BCUT2D eigenvalue weighted by atomic mass is 15.4. The first-order chi connectivity index (χ1) is 14.7. The zero-order chi connectivity index (χ0) is 20.3. The van der Waals surface area contributed by atoms with Gasteiger partial charge in [0.1, 0.15) is 17.1 Å². The minimum Gasteiger partial charge on any atom is -0.342 e. The fourth-order valence-corrected chi connectivity index (χ4v) is 5.00. The molecule has 4 aromatic rings. The maximum atomic E-state index is 5.04. The van der Waals surface area contributed by atoms with Crippen molar-refractivity contribution in [1.82, 2.24) is 34.5 Å². The van der Waals surface area contributed by atoms with Gasteiger partial charge in [-0.05, 0) is 32.3 Å². The highest BCUT2D eigenvalue weighted by molar-refractivity contribution is 5.66. The summed E-state index contributed by atoms with van der Waals surface area (Å²) in [5, 5.41) is 13.5. The molecule has 0 bridgehead atoms. The van der Waals surface area contributed by atoms with Crippen molar-refractivity contribution in [2.45, 2.75) is 38.6 Å². The number of fused-ring (bicyclic) bond motifs is 6. The van der Waals surface area contributed by atoms with E-state index in [2.05, 4.69) is 48.8 Å². The van der Waals surface area contributed by atoms with Gasteiger partial charge in [0.15, 0.2) is 11.6 Å². The van der Waals surface area contributed by atoms with E-state index in [0.29, 0.717) is 5.95 Å². The second-order valence-corrected chi connectivity index (χ2v) is 7.92. The van der Waals surface area contributed by atoms with Crippen molar-refractivity contribution in [3.8, 4) is 22.9 Å². The number of nitrogens with zero attached hydrogens (tertiary/aromatic N) is 8. The molecule has 0 N–H and O–H groups in total. The van der Waals surface area contributed by atoms with Gasteiger partial charge in [0.25, 0.3) is 5.95 Å². The molecule has 6 rings (SSSR count). The molecule has 0 spiro atoms. The molecule has 0 saturated carbocycles. The van der Waals surface area contributed by atoms with Gasteiger partial charge >= 0.3 is 0 Å². The normalized spacial score (nSPS) is 19.5. The van der Waals surface area contributed by atoms with Crippen molar-refractivity contribution in [1.29, 1.82) is 0 Å². The Morgan fingerprint density at radius 3 is 2.80 bits per heavy atom. The fourth-order valence-electron chi connectivity index (χ4n) is 5.00. The van der Waals surface area contributed by atoms with Gasteiger partial charge in [-0.2, -0.15) is 14.8 Å². The van der Waals surface area contributed by atoms with Crippen LogP contribution in [0, 0.1) is 6.92 Å². The summed E-state index contributed by atoms with van der Waals surface area (Å²) < 4.78 is 3.94. The van der Waals surface area contributed by atoms with E-state index in [9.17, 15) is 0 Å². The molecule has 1 fully saturated rings. The summed E-state index contributed by atoms with van der Waals surface area (Å²) in [7, 11) is 0. The molecule has 2 aliphatic rings. The van der Waals surface area contributed by atoms with E-state index in [1.807, 2.05) is 42.1 Å². The molecule has 3 aromatic heterocycles. The van der Waals surface area contributed by atoms with Crippen molar-refractivity contribution < 1.29 is 0 Å². The second kappa shape index (κ2) is 6.22. The van der Waals surface area contributed by atoms with E-state index >= 15 is 0 Å². The summed E-state index contributed by atoms with van der Waals surface area (Å²) in [6.45, 7) is 5.16. The predicted octanol–water partition coefficient (Wildman–Crippen LogP) is 3.44. The standard InChI is InChI=1S/C22H22N8/c1-3-22-11-7-13-28(22)19-18(29-15(2)26-27-20(22)29)14-23-21(25-19)30-17(10-12-24-30)16-8-5-4-6-9-16/h4-6,8-10,12,14H,3,7,11,13H2,1-2H3. The van der Waals surface area contributed by atoms with Crippen LogP contribution in [0.5, 0.6) is 0 Å². The molecule has 8 nitrogen and oxygen atoms in total. The van der Waals surface area contributed by atoms with E-state index in [-0.39, 0.29) is 5.54 Å². The topological polar surface area (TPSA) is 77.5 Å². The van der Waals surface area contributed by atoms with E-state index in [0.717, 1.165) is 60.2 Å². The van der Waals surface area contributed by atoms with Gasteiger partial charge in [0.2, 0.25) is 0 Å². The number of hydrogen-bond acceptors (Lipinski definition) is 6. The van der Waals surface area contributed by atoms with Crippen molar-refractivity contribution in [2.24, 2.45) is 0 Å². The van der Waals surface area contributed by atoms with Crippen LogP contribution in [0.1, 0.15) is 37.8 Å². The van der Waals surface area contributed by atoms with Crippen LogP contribution >= 0.6 is 0 Å². The van der Waals surface area contributed by atoms with Crippen LogP contribution in [0.15, 0.2) is 48.8 Å². The van der Waals surface area contributed by atoms with Gasteiger partial charge < -0.3 is 4.90 Å². The summed E-state index contributed by atoms with van der Waals surface area (Å²) in [5.41, 5.74) is 2.83. The van der Waals surface area contributed by atoms with E-state index in [1.54, 1.807) is 6.20 Å².